The van der Waals surface area contributed by atoms with Crippen molar-refractivity contribution < 1.29 is 10.4 Å². The highest BCUT2D eigenvalue weighted by Crippen LogP contribution is 2.23. The van der Waals surface area contributed by atoms with Crippen LogP contribution in [0.5, 0.6) is 0 Å². The molecule has 102 valence electrons. The summed E-state index contributed by atoms with van der Waals surface area (Å²) in [7, 11) is 0. The first kappa shape index (κ1) is 11.4. The van der Waals surface area contributed by atoms with Crippen LogP contribution in [0.15, 0.2) is 29.1 Å². The molecule has 1 aromatic carbocycles. The standard InChI is InChI=1S/C15H14N2O3/c18-15-10-6-2-1-5-9(10)13-14(15)17(20)12-8-4-3-7-11(12)16(13)19/h1-2,5-6,19-20H,3-4,7-8H2. The van der Waals surface area contributed by atoms with Crippen molar-refractivity contribution in [3.8, 4) is 0 Å². The molecule has 0 bridgehead atoms. The minimum atomic E-state index is -0.241. The van der Waals surface area contributed by atoms with E-state index in [1.807, 2.05) is 6.07 Å². The van der Waals surface area contributed by atoms with Gasteiger partial charge in [0.05, 0.1) is 11.4 Å². The van der Waals surface area contributed by atoms with Gasteiger partial charge in [0.2, 0.25) is 5.43 Å². The average molecular weight is 270 g/mol. The molecule has 5 heteroatoms. The molecule has 0 atom stereocenters. The maximum atomic E-state index is 12.4. The SMILES string of the molecule is O=c1c2n(O)c3c(n(O)c=2c2ccccc12)CCCC3. The molecule has 1 aromatic rings. The summed E-state index contributed by atoms with van der Waals surface area (Å²) < 4.78 is 2.08. The molecule has 0 amide bonds. The third-order valence-corrected chi connectivity index (χ3v) is 4.21. The Balaban J connectivity index is 2.37. The van der Waals surface area contributed by atoms with Gasteiger partial charge >= 0.3 is 0 Å². The fraction of sp³-hybridized carbons (Fsp3) is 0.267. The lowest BCUT2D eigenvalue weighted by atomic mass is 10.0. The van der Waals surface area contributed by atoms with E-state index in [0.717, 1.165) is 22.3 Å². The van der Waals surface area contributed by atoms with E-state index in [9.17, 15) is 15.2 Å². The molecule has 2 aliphatic carbocycles. The summed E-state index contributed by atoms with van der Waals surface area (Å²) in [6.45, 7) is 0. The van der Waals surface area contributed by atoms with E-state index in [1.54, 1.807) is 18.2 Å². The van der Waals surface area contributed by atoms with Crippen molar-refractivity contribution in [3.63, 3.8) is 0 Å². The Labute approximate surface area is 113 Å². The number of fused-ring (bicyclic) bond motifs is 3. The molecule has 5 nitrogen and oxygen atoms in total. The molecule has 0 fully saturated rings. The Hall–Kier alpha value is -2.43. The van der Waals surface area contributed by atoms with Gasteiger partial charge in [0.25, 0.3) is 0 Å². The Morgan fingerprint density at radius 3 is 2.05 bits per heavy atom. The van der Waals surface area contributed by atoms with Crippen LogP contribution in [-0.2, 0) is 12.8 Å². The van der Waals surface area contributed by atoms with Gasteiger partial charge in [0, 0.05) is 10.8 Å². The van der Waals surface area contributed by atoms with Crippen LogP contribution < -0.4 is 5.43 Å². The molecule has 0 saturated heterocycles. The first-order valence-corrected chi connectivity index (χ1v) is 6.78. The van der Waals surface area contributed by atoms with Crippen LogP contribution in [0.25, 0.3) is 10.8 Å². The number of nitrogens with zero attached hydrogens (tertiary/aromatic N) is 2. The molecule has 1 heterocycles. The number of benzene rings is 1. The summed E-state index contributed by atoms with van der Waals surface area (Å²) in [6.07, 6.45) is 3.30. The fourth-order valence-corrected chi connectivity index (χ4v) is 3.26. The quantitative estimate of drug-likeness (QED) is 0.613. The van der Waals surface area contributed by atoms with Gasteiger partial charge in [0.15, 0.2) is 5.35 Å². The van der Waals surface area contributed by atoms with Crippen LogP contribution in [0.3, 0.4) is 0 Å². The molecule has 0 aromatic heterocycles. The predicted molar refractivity (Wildman–Crippen MR) is 72.5 cm³/mol. The van der Waals surface area contributed by atoms with Crippen LogP contribution in [0.2, 0.25) is 0 Å². The Morgan fingerprint density at radius 1 is 0.850 bits per heavy atom. The summed E-state index contributed by atoms with van der Waals surface area (Å²) >= 11 is 0. The van der Waals surface area contributed by atoms with E-state index in [1.165, 1.54) is 0 Å². The summed E-state index contributed by atoms with van der Waals surface area (Å²) in [6, 6.07) is 7.12. The smallest absolute Gasteiger partial charge is 0.215 e. The van der Waals surface area contributed by atoms with Crippen molar-refractivity contribution >= 4 is 10.8 Å². The Kier molecular flexibility index (Phi) is 2.16. The van der Waals surface area contributed by atoms with E-state index < -0.39 is 0 Å². The lowest BCUT2D eigenvalue weighted by molar-refractivity contribution is 0.126. The maximum absolute atomic E-state index is 12.4. The number of hydrogen-bond donors (Lipinski definition) is 2. The largest absolute Gasteiger partial charge is 0.428 e. The van der Waals surface area contributed by atoms with Crippen molar-refractivity contribution in [3.05, 3.63) is 56.6 Å². The van der Waals surface area contributed by atoms with Gasteiger partial charge in [0.1, 0.15) is 5.35 Å². The fourth-order valence-electron chi connectivity index (χ4n) is 3.26. The van der Waals surface area contributed by atoms with Gasteiger partial charge < -0.3 is 10.4 Å². The van der Waals surface area contributed by atoms with Crippen molar-refractivity contribution in [1.29, 1.82) is 0 Å². The van der Waals surface area contributed by atoms with Crippen molar-refractivity contribution in [2.75, 3.05) is 0 Å². The lowest BCUT2D eigenvalue weighted by Gasteiger charge is -2.20. The third kappa shape index (κ3) is 1.24. The molecule has 0 radical (unpaired) electrons. The zero-order valence-electron chi connectivity index (χ0n) is 10.8. The number of hydrogen-bond acceptors (Lipinski definition) is 3. The van der Waals surface area contributed by atoms with Gasteiger partial charge in [-0.2, -0.15) is 9.46 Å². The van der Waals surface area contributed by atoms with Crippen molar-refractivity contribution in [1.82, 2.24) is 9.46 Å². The third-order valence-electron chi connectivity index (χ3n) is 4.21. The second-order valence-electron chi connectivity index (χ2n) is 5.30. The van der Waals surface area contributed by atoms with E-state index in [0.29, 0.717) is 40.4 Å². The second-order valence-corrected chi connectivity index (χ2v) is 5.30. The summed E-state index contributed by atoms with van der Waals surface area (Å²) in [5.41, 5.74) is 1.09. The lowest BCUT2D eigenvalue weighted by Crippen LogP contribution is -2.22. The normalized spacial score (nSPS) is 14.8. The van der Waals surface area contributed by atoms with Gasteiger partial charge in [-0.05, 0) is 25.7 Å². The maximum Gasteiger partial charge on any atom is 0.215 e. The average Bonchev–Trinajstić information content (AvgIpc) is 2.79. The van der Waals surface area contributed by atoms with Crippen molar-refractivity contribution in [2.24, 2.45) is 0 Å². The van der Waals surface area contributed by atoms with E-state index >= 15 is 0 Å². The molecule has 0 saturated carbocycles. The van der Waals surface area contributed by atoms with Gasteiger partial charge in [-0.15, -0.1) is 0 Å². The highest BCUT2D eigenvalue weighted by Gasteiger charge is 2.22. The monoisotopic (exact) mass is 270 g/mol. The highest BCUT2D eigenvalue weighted by atomic mass is 16.5. The molecule has 1 aliphatic heterocycles. The Bertz CT molecular complexity index is 952. The summed E-state index contributed by atoms with van der Waals surface area (Å²) in [5.74, 6) is 0. The topological polar surface area (TPSA) is 67.4 Å². The molecular formula is C15H14N2O3. The molecule has 4 rings (SSSR count). The van der Waals surface area contributed by atoms with Crippen molar-refractivity contribution in [2.45, 2.75) is 25.7 Å². The molecule has 20 heavy (non-hydrogen) atoms. The summed E-state index contributed by atoms with van der Waals surface area (Å²) in [4.78, 5) is 12.4. The van der Waals surface area contributed by atoms with E-state index in [4.69, 9.17) is 0 Å². The van der Waals surface area contributed by atoms with Gasteiger partial charge in [-0.1, -0.05) is 24.3 Å². The number of aromatic nitrogens is 2. The number of rotatable bonds is 0. The summed E-state index contributed by atoms with van der Waals surface area (Å²) in [5, 5.41) is 22.6. The van der Waals surface area contributed by atoms with Gasteiger partial charge in [-0.25, -0.2) is 0 Å². The Morgan fingerprint density at radius 2 is 1.40 bits per heavy atom. The minimum Gasteiger partial charge on any atom is -0.428 e. The first-order valence-electron chi connectivity index (χ1n) is 6.78. The van der Waals surface area contributed by atoms with Gasteiger partial charge in [-0.3, -0.25) is 4.79 Å². The van der Waals surface area contributed by atoms with Crippen LogP contribution in [0.4, 0.5) is 0 Å². The predicted octanol–water partition coefficient (Wildman–Crippen LogP) is 1.88. The minimum absolute atomic E-state index is 0.161. The molecule has 2 N–H and O–H groups in total. The zero-order valence-corrected chi connectivity index (χ0v) is 10.8. The van der Waals surface area contributed by atoms with Crippen LogP contribution in [-0.4, -0.2) is 19.9 Å². The molecule has 0 spiro atoms. The molecule has 0 unspecified atom stereocenters. The van der Waals surface area contributed by atoms with Crippen LogP contribution >= 0.6 is 0 Å². The van der Waals surface area contributed by atoms with E-state index in [-0.39, 0.29) is 10.8 Å². The van der Waals surface area contributed by atoms with E-state index in [2.05, 4.69) is 0 Å². The van der Waals surface area contributed by atoms with Crippen LogP contribution in [0, 0.1) is 10.7 Å². The van der Waals surface area contributed by atoms with Crippen LogP contribution in [0.1, 0.15) is 24.2 Å². The highest BCUT2D eigenvalue weighted by molar-refractivity contribution is 5.83. The second kappa shape index (κ2) is 3.79. The zero-order chi connectivity index (χ0) is 13.9. The molecule has 3 aliphatic rings. The first-order chi connectivity index (χ1) is 9.70. The molecular weight excluding hydrogens is 256 g/mol.